The first kappa shape index (κ1) is 16.0. The predicted octanol–water partition coefficient (Wildman–Crippen LogP) is 1.70. The van der Waals surface area contributed by atoms with Crippen molar-refractivity contribution in [2.45, 2.75) is 20.4 Å². The van der Waals surface area contributed by atoms with Gasteiger partial charge in [0.15, 0.2) is 5.96 Å². The molecule has 0 aliphatic rings. The highest BCUT2D eigenvalue weighted by Gasteiger charge is 2.06. The zero-order valence-electron chi connectivity index (χ0n) is 13.0. The Labute approximate surface area is 130 Å². The summed E-state index contributed by atoms with van der Waals surface area (Å²) >= 11 is 0. The Balaban J connectivity index is 2.02. The van der Waals surface area contributed by atoms with Crippen molar-refractivity contribution < 1.29 is 9.52 Å². The molecule has 6 heteroatoms. The van der Waals surface area contributed by atoms with Gasteiger partial charge in [-0.2, -0.15) is 0 Å². The maximum Gasteiger partial charge on any atom is 0.226 e. The number of hydrogen-bond acceptors (Lipinski definition) is 4. The summed E-state index contributed by atoms with van der Waals surface area (Å²) in [6.45, 7) is 5.72. The van der Waals surface area contributed by atoms with Crippen molar-refractivity contribution in [2.24, 2.45) is 4.99 Å². The van der Waals surface area contributed by atoms with Gasteiger partial charge < -0.3 is 20.2 Å². The van der Waals surface area contributed by atoms with E-state index in [9.17, 15) is 0 Å². The summed E-state index contributed by atoms with van der Waals surface area (Å²) < 4.78 is 5.50. The zero-order valence-corrected chi connectivity index (χ0v) is 13.0. The molecule has 0 unspecified atom stereocenters. The number of nitrogens with zero attached hydrogens (tertiary/aromatic N) is 2. The number of aryl methyl sites for hydroxylation is 1. The van der Waals surface area contributed by atoms with Gasteiger partial charge in [-0.05, 0) is 26.0 Å². The molecule has 0 saturated heterocycles. The smallest absolute Gasteiger partial charge is 0.226 e. The van der Waals surface area contributed by atoms with Crippen LogP contribution in [0, 0.1) is 6.92 Å². The van der Waals surface area contributed by atoms with Crippen LogP contribution >= 0.6 is 0 Å². The van der Waals surface area contributed by atoms with Gasteiger partial charge in [-0.25, -0.2) is 9.98 Å². The summed E-state index contributed by atoms with van der Waals surface area (Å²) in [6.07, 6.45) is 1.62. The summed E-state index contributed by atoms with van der Waals surface area (Å²) in [5.74, 6) is 1.25. The van der Waals surface area contributed by atoms with E-state index in [1.807, 2.05) is 38.1 Å². The van der Waals surface area contributed by atoms with E-state index in [0.29, 0.717) is 24.9 Å². The van der Waals surface area contributed by atoms with Crippen LogP contribution in [0.2, 0.25) is 0 Å². The molecule has 2 rings (SSSR count). The van der Waals surface area contributed by atoms with Crippen LogP contribution < -0.4 is 10.6 Å². The van der Waals surface area contributed by atoms with Crippen LogP contribution in [0.15, 0.2) is 39.9 Å². The molecular weight excluding hydrogens is 280 g/mol. The van der Waals surface area contributed by atoms with E-state index in [1.54, 1.807) is 6.26 Å². The number of hydrogen-bond donors (Lipinski definition) is 3. The number of guanidine groups is 1. The maximum atomic E-state index is 8.84. The second kappa shape index (κ2) is 8.19. The number of aliphatic hydroxyl groups is 1. The molecule has 1 aromatic carbocycles. The molecule has 3 N–H and O–H groups in total. The van der Waals surface area contributed by atoms with E-state index < -0.39 is 0 Å². The van der Waals surface area contributed by atoms with Gasteiger partial charge in [0.2, 0.25) is 5.89 Å². The number of nitrogens with one attached hydrogen (secondary N) is 2. The first-order valence-electron chi connectivity index (χ1n) is 7.37. The third-order valence-corrected chi connectivity index (χ3v) is 3.00. The second-order valence-corrected chi connectivity index (χ2v) is 4.86. The first-order valence-corrected chi connectivity index (χ1v) is 7.37. The fraction of sp³-hybridized carbons (Fsp3) is 0.375. The molecule has 0 spiro atoms. The number of aliphatic hydroxyl groups excluding tert-OH is 1. The topological polar surface area (TPSA) is 82.7 Å². The van der Waals surface area contributed by atoms with Crippen molar-refractivity contribution in [1.82, 2.24) is 15.6 Å². The van der Waals surface area contributed by atoms with Gasteiger partial charge in [0.05, 0.1) is 13.2 Å². The SMILES string of the molecule is CCNC(=NCc1coc(-c2ccc(C)cc2)n1)NCCO. The minimum Gasteiger partial charge on any atom is -0.444 e. The third-order valence-electron chi connectivity index (χ3n) is 3.00. The lowest BCUT2D eigenvalue weighted by Crippen LogP contribution is -2.38. The Kier molecular flexibility index (Phi) is 5.97. The predicted molar refractivity (Wildman–Crippen MR) is 86.6 cm³/mol. The quantitative estimate of drug-likeness (QED) is 0.559. The highest BCUT2D eigenvalue weighted by Crippen LogP contribution is 2.19. The second-order valence-electron chi connectivity index (χ2n) is 4.86. The molecule has 0 amide bonds. The van der Waals surface area contributed by atoms with Crippen LogP contribution in [0.1, 0.15) is 18.2 Å². The van der Waals surface area contributed by atoms with Gasteiger partial charge in [0.25, 0.3) is 0 Å². The maximum absolute atomic E-state index is 8.84. The molecule has 6 nitrogen and oxygen atoms in total. The number of rotatable bonds is 6. The highest BCUT2D eigenvalue weighted by molar-refractivity contribution is 5.79. The van der Waals surface area contributed by atoms with Crippen LogP contribution in [-0.2, 0) is 6.54 Å². The van der Waals surface area contributed by atoms with E-state index in [0.717, 1.165) is 17.8 Å². The van der Waals surface area contributed by atoms with E-state index in [1.165, 1.54) is 5.56 Å². The molecule has 0 bridgehead atoms. The van der Waals surface area contributed by atoms with Crippen LogP contribution in [-0.4, -0.2) is 35.7 Å². The number of aromatic nitrogens is 1. The molecular formula is C16H22N4O2. The lowest BCUT2D eigenvalue weighted by Gasteiger charge is -2.09. The van der Waals surface area contributed by atoms with Crippen molar-refractivity contribution in [1.29, 1.82) is 0 Å². The van der Waals surface area contributed by atoms with Gasteiger partial charge in [-0.3, -0.25) is 0 Å². The molecule has 1 heterocycles. The van der Waals surface area contributed by atoms with E-state index in [2.05, 4.69) is 20.6 Å². The summed E-state index contributed by atoms with van der Waals surface area (Å²) in [5.41, 5.74) is 2.91. The lowest BCUT2D eigenvalue weighted by molar-refractivity contribution is 0.300. The molecule has 2 aromatic rings. The zero-order chi connectivity index (χ0) is 15.8. The largest absolute Gasteiger partial charge is 0.444 e. The normalized spacial score (nSPS) is 11.5. The molecule has 1 aromatic heterocycles. The highest BCUT2D eigenvalue weighted by atomic mass is 16.3. The molecule has 0 radical (unpaired) electrons. The molecule has 22 heavy (non-hydrogen) atoms. The van der Waals surface area contributed by atoms with Crippen LogP contribution in [0.25, 0.3) is 11.5 Å². The molecule has 0 atom stereocenters. The van der Waals surface area contributed by atoms with Gasteiger partial charge in [0, 0.05) is 18.7 Å². The Morgan fingerprint density at radius 2 is 2.05 bits per heavy atom. The molecule has 0 saturated carbocycles. The summed E-state index contributed by atoms with van der Waals surface area (Å²) in [4.78, 5) is 8.85. The number of aliphatic imine (C=N–C) groups is 1. The van der Waals surface area contributed by atoms with Crippen molar-refractivity contribution in [3.05, 3.63) is 41.8 Å². The average molecular weight is 302 g/mol. The molecule has 118 valence electrons. The summed E-state index contributed by atoms with van der Waals surface area (Å²) in [7, 11) is 0. The van der Waals surface area contributed by atoms with Gasteiger partial charge >= 0.3 is 0 Å². The Bertz CT molecular complexity index is 605. The van der Waals surface area contributed by atoms with Crippen molar-refractivity contribution in [3.63, 3.8) is 0 Å². The van der Waals surface area contributed by atoms with Crippen molar-refractivity contribution in [2.75, 3.05) is 19.7 Å². The Hall–Kier alpha value is -2.34. The average Bonchev–Trinajstić information content (AvgIpc) is 3.00. The fourth-order valence-corrected chi connectivity index (χ4v) is 1.88. The van der Waals surface area contributed by atoms with E-state index in [-0.39, 0.29) is 6.61 Å². The van der Waals surface area contributed by atoms with Gasteiger partial charge in [-0.15, -0.1) is 0 Å². The van der Waals surface area contributed by atoms with Crippen molar-refractivity contribution in [3.8, 4) is 11.5 Å². The minimum absolute atomic E-state index is 0.0615. The number of oxazole rings is 1. The van der Waals surface area contributed by atoms with E-state index in [4.69, 9.17) is 9.52 Å². The van der Waals surface area contributed by atoms with Crippen LogP contribution in [0.4, 0.5) is 0 Å². The number of benzene rings is 1. The summed E-state index contributed by atoms with van der Waals surface area (Å²) in [6, 6.07) is 8.03. The van der Waals surface area contributed by atoms with Crippen molar-refractivity contribution >= 4 is 5.96 Å². The molecule has 0 fully saturated rings. The van der Waals surface area contributed by atoms with Gasteiger partial charge in [0.1, 0.15) is 12.0 Å². The standard InChI is InChI=1S/C16H22N4O2/c1-3-17-16(18-8-9-21)19-10-14-11-22-15(20-14)13-6-4-12(2)5-7-13/h4-7,11,21H,3,8-10H2,1-2H3,(H2,17,18,19). The first-order chi connectivity index (χ1) is 10.7. The monoisotopic (exact) mass is 302 g/mol. The lowest BCUT2D eigenvalue weighted by atomic mass is 10.1. The fourth-order valence-electron chi connectivity index (χ4n) is 1.88. The minimum atomic E-state index is 0.0615. The van der Waals surface area contributed by atoms with Gasteiger partial charge in [-0.1, -0.05) is 17.7 Å². The van der Waals surface area contributed by atoms with E-state index >= 15 is 0 Å². The van der Waals surface area contributed by atoms with Crippen LogP contribution in [0.3, 0.4) is 0 Å². The Morgan fingerprint density at radius 3 is 2.73 bits per heavy atom. The Morgan fingerprint density at radius 1 is 1.27 bits per heavy atom. The molecule has 0 aliphatic heterocycles. The van der Waals surface area contributed by atoms with Crippen LogP contribution in [0.5, 0.6) is 0 Å². The third kappa shape index (κ3) is 4.60. The molecule has 0 aliphatic carbocycles. The summed E-state index contributed by atoms with van der Waals surface area (Å²) in [5, 5.41) is 15.0.